The quantitative estimate of drug-likeness (QED) is 0.601. The molecule has 0 saturated carbocycles. The number of H-pyrrole nitrogens is 1. The number of amides is 1. The molecule has 0 saturated heterocycles. The van der Waals surface area contributed by atoms with Gasteiger partial charge in [-0.25, -0.2) is 9.89 Å². The van der Waals surface area contributed by atoms with E-state index in [0.717, 1.165) is 18.4 Å². The van der Waals surface area contributed by atoms with Crippen LogP contribution in [0.15, 0.2) is 59.4 Å². The third-order valence-corrected chi connectivity index (χ3v) is 4.64. The van der Waals surface area contributed by atoms with Gasteiger partial charge in [-0.15, -0.1) is 0 Å². The van der Waals surface area contributed by atoms with Gasteiger partial charge in [-0.2, -0.15) is 5.10 Å². The monoisotopic (exact) mass is 393 g/mol. The summed E-state index contributed by atoms with van der Waals surface area (Å²) in [5.74, 6) is -1.17. The number of carbonyl (C=O) groups is 2. The van der Waals surface area contributed by atoms with Crippen LogP contribution in [-0.4, -0.2) is 28.2 Å². The van der Waals surface area contributed by atoms with E-state index in [1.165, 1.54) is 6.92 Å². The van der Waals surface area contributed by atoms with Gasteiger partial charge in [0.1, 0.15) is 0 Å². The Kier molecular flexibility index (Phi) is 6.39. The molecule has 1 heterocycles. The zero-order chi connectivity index (χ0) is 20.8. The van der Waals surface area contributed by atoms with Crippen molar-refractivity contribution >= 4 is 22.6 Å². The maximum absolute atomic E-state index is 12.6. The number of hydrogen-bond acceptors (Lipinski definition) is 5. The van der Waals surface area contributed by atoms with E-state index in [0.29, 0.717) is 10.8 Å². The van der Waals surface area contributed by atoms with Gasteiger partial charge in [0.25, 0.3) is 11.5 Å². The lowest BCUT2D eigenvalue weighted by atomic mass is 10.0. The molecule has 29 heavy (non-hydrogen) atoms. The Hall–Kier alpha value is -3.48. The predicted molar refractivity (Wildman–Crippen MR) is 109 cm³/mol. The Balaban J connectivity index is 1.73. The third-order valence-electron chi connectivity index (χ3n) is 4.64. The smallest absolute Gasteiger partial charge is 0.360 e. The molecule has 7 heteroatoms. The van der Waals surface area contributed by atoms with E-state index in [1.54, 1.807) is 24.3 Å². The van der Waals surface area contributed by atoms with Crippen molar-refractivity contribution in [3.63, 3.8) is 0 Å². The van der Waals surface area contributed by atoms with Gasteiger partial charge in [0.05, 0.1) is 11.4 Å². The molecule has 0 bridgehead atoms. The van der Waals surface area contributed by atoms with Gasteiger partial charge in [0, 0.05) is 5.39 Å². The van der Waals surface area contributed by atoms with Crippen LogP contribution in [0.2, 0.25) is 0 Å². The van der Waals surface area contributed by atoms with Crippen LogP contribution in [0.4, 0.5) is 0 Å². The van der Waals surface area contributed by atoms with Crippen molar-refractivity contribution in [2.45, 2.75) is 38.8 Å². The van der Waals surface area contributed by atoms with Crippen molar-refractivity contribution in [1.29, 1.82) is 0 Å². The predicted octanol–water partition coefficient (Wildman–Crippen LogP) is 3.13. The molecule has 3 aromatic rings. The highest BCUT2D eigenvalue weighted by molar-refractivity contribution is 6.02. The summed E-state index contributed by atoms with van der Waals surface area (Å²) in [6.45, 7) is 3.55. The van der Waals surface area contributed by atoms with Gasteiger partial charge in [0.2, 0.25) is 0 Å². The molecule has 0 fully saturated rings. The van der Waals surface area contributed by atoms with E-state index < -0.39 is 23.5 Å². The normalized spacial score (nSPS) is 12.9. The van der Waals surface area contributed by atoms with Gasteiger partial charge in [-0.05, 0) is 25.0 Å². The molecule has 2 atom stereocenters. The number of esters is 1. The minimum atomic E-state index is -1.02. The van der Waals surface area contributed by atoms with E-state index in [4.69, 9.17) is 4.74 Å². The lowest BCUT2D eigenvalue weighted by Crippen LogP contribution is -2.38. The summed E-state index contributed by atoms with van der Waals surface area (Å²) >= 11 is 0. The summed E-state index contributed by atoms with van der Waals surface area (Å²) < 4.78 is 5.33. The average Bonchev–Trinajstić information content (AvgIpc) is 2.74. The maximum Gasteiger partial charge on any atom is 0.360 e. The summed E-state index contributed by atoms with van der Waals surface area (Å²) in [7, 11) is 0. The van der Waals surface area contributed by atoms with Crippen LogP contribution in [-0.2, 0) is 9.53 Å². The minimum absolute atomic E-state index is 0.0342. The molecule has 0 radical (unpaired) electrons. The first kappa shape index (κ1) is 20.3. The highest BCUT2D eigenvalue weighted by Crippen LogP contribution is 2.19. The van der Waals surface area contributed by atoms with Crippen LogP contribution < -0.4 is 10.9 Å². The van der Waals surface area contributed by atoms with E-state index in [-0.39, 0.29) is 11.7 Å². The van der Waals surface area contributed by atoms with E-state index in [9.17, 15) is 14.4 Å². The van der Waals surface area contributed by atoms with Crippen molar-refractivity contribution in [3.8, 4) is 0 Å². The van der Waals surface area contributed by atoms with Gasteiger partial charge < -0.3 is 10.1 Å². The number of hydrogen-bond donors (Lipinski definition) is 2. The molecule has 0 aliphatic heterocycles. The first-order valence-corrected chi connectivity index (χ1v) is 9.55. The standard InChI is InChI=1S/C22H23N3O4/c1-3-9-18(15-10-5-4-6-11-15)23-20(26)14(2)29-22(28)19-16-12-7-8-13-17(16)21(27)25-24-19/h4-8,10-14,18H,3,9H2,1-2H3,(H,23,26)(H,25,27)/t14-,18+/m1/s1. The second kappa shape index (κ2) is 9.14. The van der Waals surface area contributed by atoms with Crippen molar-refractivity contribution < 1.29 is 14.3 Å². The van der Waals surface area contributed by atoms with Crippen LogP contribution in [0.5, 0.6) is 0 Å². The Morgan fingerprint density at radius 1 is 1.07 bits per heavy atom. The van der Waals surface area contributed by atoms with Gasteiger partial charge in [-0.1, -0.05) is 61.9 Å². The molecule has 3 rings (SSSR count). The Morgan fingerprint density at radius 2 is 1.72 bits per heavy atom. The highest BCUT2D eigenvalue weighted by Gasteiger charge is 2.24. The molecule has 0 aliphatic rings. The number of benzene rings is 2. The lowest BCUT2D eigenvalue weighted by molar-refractivity contribution is -0.129. The molecule has 150 valence electrons. The molecular weight excluding hydrogens is 370 g/mol. The molecule has 1 amide bonds. The SMILES string of the molecule is CCC[C@H](NC(=O)[C@@H](C)OC(=O)c1n[nH]c(=O)c2ccccc12)c1ccccc1. The Labute approximate surface area is 168 Å². The molecular formula is C22H23N3O4. The number of nitrogens with zero attached hydrogens (tertiary/aromatic N) is 1. The molecule has 2 aromatic carbocycles. The van der Waals surface area contributed by atoms with Crippen molar-refractivity contribution in [2.24, 2.45) is 0 Å². The number of ether oxygens (including phenoxy) is 1. The number of fused-ring (bicyclic) bond motifs is 1. The fourth-order valence-electron chi connectivity index (χ4n) is 3.13. The van der Waals surface area contributed by atoms with E-state index >= 15 is 0 Å². The summed E-state index contributed by atoms with van der Waals surface area (Å²) in [5, 5.41) is 9.75. The van der Waals surface area contributed by atoms with E-state index in [2.05, 4.69) is 15.5 Å². The number of nitrogens with one attached hydrogen (secondary N) is 2. The minimum Gasteiger partial charge on any atom is -0.448 e. The molecule has 7 nitrogen and oxygen atoms in total. The Bertz CT molecular complexity index is 1060. The summed E-state index contributed by atoms with van der Waals surface area (Å²) in [6.07, 6.45) is 0.641. The molecule has 0 aliphatic carbocycles. The second-order valence-corrected chi connectivity index (χ2v) is 6.75. The first-order chi connectivity index (χ1) is 14.0. The fourth-order valence-corrected chi connectivity index (χ4v) is 3.13. The number of aromatic amines is 1. The van der Waals surface area contributed by atoms with Crippen LogP contribution in [0, 0.1) is 0 Å². The van der Waals surface area contributed by atoms with Gasteiger partial charge in [-0.3, -0.25) is 9.59 Å². The number of aromatic nitrogens is 2. The Morgan fingerprint density at radius 3 is 2.41 bits per heavy atom. The largest absolute Gasteiger partial charge is 0.448 e. The molecule has 2 N–H and O–H groups in total. The topological polar surface area (TPSA) is 101 Å². The second-order valence-electron chi connectivity index (χ2n) is 6.75. The number of rotatable bonds is 7. The third kappa shape index (κ3) is 4.68. The zero-order valence-corrected chi connectivity index (χ0v) is 16.3. The fraction of sp³-hybridized carbons (Fsp3) is 0.273. The molecule has 0 spiro atoms. The van der Waals surface area contributed by atoms with Crippen LogP contribution in [0.1, 0.15) is 48.8 Å². The van der Waals surface area contributed by atoms with Crippen molar-refractivity contribution in [1.82, 2.24) is 15.5 Å². The molecule has 1 aromatic heterocycles. The summed E-state index contributed by atoms with van der Waals surface area (Å²) in [6, 6.07) is 16.1. The van der Waals surface area contributed by atoms with Crippen molar-refractivity contribution in [2.75, 3.05) is 0 Å². The van der Waals surface area contributed by atoms with Crippen LogP contribution in [0.25, 0.3) is 10.8 Å². The van der Waals surface area contributed by atoms with Crippen molar-refractivity contribution in [3.05, 3.63) is 76.2 Å². The zero-order valence-electron chi connectivity index (χ0n) is 16.3. The van der Waals surface area contributed by atoms with Gasteiger partial charge in [0.15, 0.2) is 11.8 Å². The van der Waals surface area contributed by atoms with Crippen LogP contribution >= 0.6 is 0 Å². The van der Waals surface area contributed by atoms with E-state index in [1.807, 2.05) is 37.3 Å². The lowest BCUT2D eigenvalue weighted by Gasteiger charge is -2.21. The molecule has 0 unspecified atom stereocenters. The summed E-state index contributed by atoms with van der Waals surface area (Å²) in [4.78, 5) is 37.1. The summed E-state index contributed by atoms with van der Waals surface area (Å²) in [5.41, 5.74) is 0.566. The van der Waals surface area contributed by atoms with Gasteiger partial charge >= 0.3 is 5.97 Å². The average molecular weight is 393 g/mol. The highest BCUT2D eigenvalue weighted by atomic mass is 16.5. The first-order valence-electron chi connectivity index (χ1n) is 9.55. The van der Waals surface area contributed by atoms with Crippen LogP contribution in [0.3, 0.4) is 0 Å². The number of carbonyl (C=O) groups excluding carboxylic acids is 2. The maximum atomic E-state index is 12.6.